The van der Waals surface area contributed by atoms with Gasteiger partial charge in [0, 0.05) is 0 Å². The number of halogens is 6. The van der Waals surface area contributed by atoms with Crippen LogP contribution in [0.3, 0.4) is 0 Å². The molecule has 0 bridgehead atoms. The van der Waals surface area contributed by atoms with Gasteiger partial charge < -0.3 is 0 Å². The van der Waals surface area contributed by atoms with Crippen LogP contribution in [0.15, 0.2) is 35.3 Å². The van der Waals surface area contributed by atoms with Gasteiger partial charge in [-0.05, 0) is 12.1 Å². The van der Waals surface area contributed by atoms with E-state index in [4.69, 9.17) is 0 Å². The molecule has 0 fully saturated rings. The third kappa shape index (κ3) is 4.88. The first-order valence-corrected chi connectivity index (χ1v) is 4.45. The highest BCUT2D eigenvalue weighted by molar-refractivity contribution is 5.92. The molecule has 1 nitrogen and oxygen atoms in total. The fraction of sp³-hybridized carbons (Fsp3) is 0.300. The molecule has 0 saturated heterocycles. The van der Waals surface area contributed by atoms with Crippen LogP contribution in [-0.4, -0.2) is 18.1 Å². The minimum atomic E-state index is -5.09. The van der Waals surface area contributed by atoms with Gasteiger partial charge >= 0.3 is 12.4 Å². The molecule has 1 rings (SSSR count). The predicted molar refractivity (Wildman–Crippen MR) is 50.3 cm³/mol. The van der Waals surface area contributed by atoms with Gasteiger partial charge in [0.05, 0.1) is 12.1 Å². The third-order valence-electron chi connectivity index (χ3n) is 1.72. The lowest BCUT2D eigenvalue weighted by molar-refractivity contribution is -0.130. The second kappa shape index (κ2) is 4.77. The molecular weight excluding hydrogens is 248 g/mol. The van der Waals surface area contributed by atoms with E-state index >= 15 is 0 Å². The zero-order valence-electron chi connectivity index (χ0n) is 8.31. The molecule has 0 aliphatic rings. The number of hydrogen-bond acceptors (Lipinski definition) is 1. The first-order valence-electron chi connectivity index (χ1n) is 4.45. The van der Waals surface area contributed by atoms with E-state index in [1.54, 1.807) is 0 Å². The highest BCUT2D eigenvalue weighted by Gasteiger charge is 2.43. The van der Waals surface area contributed by atoms with Crippen molar-refractivity contribution in [3.63, 3.8) is 0 Å². The Balaban J connectivity index is 3.04. The van der Waals surface area contributed by atoms with E-state index in [0.717, 1.165) is 0 Å². The average Bonchev–Trinajstić information content (AvgIpc) is 2.15. The summed E-state index contributed by atoms with van der Waals surface area (Å²) in [5, 5.41) is 0. The van der Waals surface area contributed by atoms with Crippen molar-refractivity contribution in [2.45, 2.75) is 18.8 Å². The summed E-state index contributed by atoms with van der Waals surface area (Å²) in [5.74, 6) is 0. The van der Waals surface area contributed by atoms with Crippen molar-refractivity contribution in [2.24, 2.45) is 4.99 Å². The van der Waals surface area contributed by atoms with Crippen LogP contribution in [0.25, 0.3) is 0 Å². The molecule has 0 aliphatic carbocycles. The third-order valence-corrected chi connectivity index (χ3v) is 1.72. The van der Waals surface area contributed by atoms with Crippen molar-refractivity contribution in [2.75, 3.05) is 0 Å². The molecule has 0 aromatic heterocycles. The zero-order valence-corrected chi connectivity index (χ0v) is 8.31. The average molecular weight is 255 g/mol. The summed E-state index contributed by atoms with van der Waals surface area (Å²) in [7, 11) is 0. The van der Waals surface area contributed by atoms with Crippen LogP contribution in [-0.2, 0) is 0 Å². The molecule has 1 aromatic carbocycles. The fourth-order valence-corrected chi connectivity index (χ4v) is 1.05. The van der Waals surface area contributed by atoms with Crippen molar-refractivity contribution in [3.05, 3.63) is 30.3 Å². The van der Waals surface area contributed by atoms with Crippen LogP contribution < -0.4 is 0 Å². The Kier molecular flexibility index (Phi) is 3.79. The Hall–Kier alpha value is -1.53. The Morgan fingerprint density at radius 1 is 0.941 bits per heavy atom. The highest BCUT2D eigenvalue weighted by Crippen LogP contribution is 2.30. The molecular formula is C10H7F6N. The van der Waals surface area contributed by atoms with E-state index < -0.39 is 24.5 Å². The van der Waals surface area contributed by atoms with Crippen molar-refractivity contribution >= 4 is 11.4 Å². The van der Waals surface area contributed by atoms with Crippen LogP contribution in [0, 0.1) is 0 Å². The van der Waals surface area contributed by atoms with Crippen LogP contribution >= 0.6 is 0 Å². The van der Waals surface area contributed by atoms with E-state index in [-0.39, 0.29) is 5.69 Å². The number of hydrogen-bond donors (Lipinski definition) is 0. The molecule has 7 heteroatoms. The Morgan fingerprint density at radius 2 is 1.47 bits per heavy atom. The van der Waals surface area contributed by atoms with Gasteiger partial charge in [0.2, 0.25) is 0 Å². The van der Waals surface area contributed by atoms with Gasteiger partial charge in [-0.15, -0.1) is 0 Å². The van der Waals surface area contributed by atoms with Crippen molar-refractivity contribution in [1.82, 2.24) is 0 Å². The summed E-state index contributed by atoms with van der Waals surface area (Å²) in [5.41, 5.74) is -2.01. The zero-order chi connectivity index (χ0) is 13.1. The maximum atomic E-state index is 12.3. The molecule has 0 radical (unpaired) electrons. The molecule has 94 valence electrons. The summed E-state index contributed by atoms with van der Waals surface area (Å²) >= 11 is 0. The number of aliphatic imine (C=N–C) groups is 1. The van der Waals surface area contributed by atoms with Crippen molar-refractivity contribution < 1.29 is 26.3 Å². The molecule has 0 unspecified atom stereocenters. The standard InChI is InChI=1S/C10H7F6N/c11-9(12,13)6-8(10(14,15)16)17-7-4-2-1-3-5-7/h1-5H,6H2. The lowest BCUT2D eigenvalue weighted by atomic mass is 10.2. The molecule has 0 spiro atoms. The number of nitrogens with zero attached hydrogens (tertiary/aromatic N) is 1. The van der Waals surface area contributed by atoms with Crippen LogP contribution in [0.2, 0.25) is 0 Å². The second-order valence-electron chi connectivity index (χ2n) is 3.18. The number of alkyl halides is 6. The minimum Gasteiger partial charge on any atom is -0.248 e. The van der Waals surface area contributed by atoms with Gasteiger partial charge in [0.25, 0.3) is 0 Å². The Morgan fingerprint density at radius 3 is 1.88 bits per heavy atom. The van der Waals surface area contributed by atoms with Gasteiger partial charge in [-0.3, -0.25) is 0 Å². The summed E-state index contributed by atoms with van der Waals surface area (Å²) in [6, 6.07) is 6.70. The van der Waals surface area contributed by atoms with Crippen molar-refractivity contribution in [3.8, 4) is 0 Å². The highest BCUT2D eigenvalue weighted by atomic mass is 19.4. The van der Waals surface area contributed by atoms with Gasteiger partial charge in [0.15, 0.2) is 0 Å². The van der Waals surface area contributed by atoms with Crippen LogP contribution in [0.5, 0.6) is 0 Å². The lowest BCUT2D eigenvalue weighted by Gasteiger charge is -2.12. The van der Waals surface area contributed by atoms with Crippen molar-refractivity contribution in [1.29, 1.82) is 0 Å². The summed E-state index contributed by atoms with van der Waals surface area (Å²) in [4.78, 5) is 2.99. The molecule has 17 heavy (non-hydrogen) atoms. The number of rotatable bonds is 2. The van der Waals surface area contributed by atoms with E-state index in [1.807, 2.05) is 0 Å². The molecule has 0 saturated carbocycles. The predicted octanol–water partition coefficient (Wildman–Crippen LogP) is 4.27. The minimum absolute atomic E-state index is 0.163. The molecule has 0 amide bonds. The van der Waals surface area contributed by atoms with E-state index in [0.29, 0.717) is 0 Å². The normalized spacial score (nSPS) is 13.9. The number of para-hydroxylation sites is 1. The van der Waals surface area contributed by atoms with Gasteiger partial charge in [-0.25, -0.2) is 4.99 Å². The monoisotopic (exact) mass is 255 g/mol. The van der Waals surface area contributed by atoms with Crippen LogP contribution in [0.1, 0.15) is 6.42 Å². The lowest BCUT2D eigenvalue weighted by Crippen LogP contribution is -2.28. The first kappa shape index (κ1) is 13.5. The summed E-state index contributed by atoms with van der Waals surface area (Å²) in [6.07, 6.45) is -12.1. The maximum Gasteiger partial charge on any atom is 0.429 e. The Labute approximate surface area is 92.8 Å². The van der Waals surface area contributed by atoms with Gasteiger partial charge in [0.1, 0.15) is 5.71 Å². The SMILES string of the molecule is FC(F)(F)CC(=Nc1ccccc1)C(F)(F)F. The quantitative estimate of drug-likeness (QED) is 0.552. The molecule has 1 aromatic rings. The molecule has 0 heterocycles. The maximum absolute atomic E-state index is 12.3. The van der Waals surface area contributed by atoms with E-state index in [9.17, 15) is 26.3 Å². The second-order valence-corrected chi connectivity index (χ2v) is 3.18. The smallest absolute Gasteiger partial charge is 0.248 e. The number of benzene rings is 1. The van der Waals surface area contributed by atoms with Gasteiger partial charge in [-0.1, -0.05) is 18.2 Å². The largest absolute Gasteiger partial charge is 0.429 e. The fourth-order valence-electron chi connectivity index (χ4n) is 1.05. The van der Waals surface area contributed by atoms with E-state index in [2.05, 4.69) is 4.99 Å². The van der Waals surface area contributed by atoms with E-state index in [1.165, 1.54) is 30.3 Å². The molecule has 0 atom stereocenters. The topological polar surface area (TPSA) is 12.4 Å². The summed E-state index contributed by atoms with van der Waals surface area (Å²) in [6.45, 7) is 0. The van der Waals surface area contributed by atoms with Gasteiger partial charge in [-0.2, -0.15) is 26.3 Å². The first-order chi connectivity index (χ1) is 7.68. The Bertz CT molecular complexity index is 389. The molecule has 0 aliphatic heterocycles. The summed E-state index contributed by atoms with van der Waals surface area (Å²) < 4.78 is 72.8. The van der Waals surface area contributed by atoms with Crippen LogP contribution in [0.4, 0.5) is 32.0 Å². The molecule has 0 N–H and O–H groups in total.